The Hall–Kier alpha value is -2.57. The fourth-order valence-corrected chi connectivity index (χ4v) is 2.40. The number of aliphatic imine (C=N–C) groups is 1. The monoisotopic (exact) mass is 358 g/mol. The van der Waals surface area contributed by atoms with Gasteiger partial charge in [-0.2, -0.15) is 0 Å². The number of benzene rings is 1. The number of guanidine groups is 1. The molecule has 7 heteroatoms. The first-order valence-electron chi connectivity index (χ1n) is 8.77. The van der Waals surface area contributed by atoms with E-state index in [-0.39, 0.29) is 5.60 Å². The number of hydrogen-bond donors (Lipinski definition) is 2. The first-order valence-corrected chi connectivity index (χ1v) is 8.77. The summed E-state index contributed by atoms with van der Waals surface area (Å²) in [5.74, 6) is 3.34. The van der Waals surface area contributed by atoms with Crippen molar-refractivity contribution in [3.63, 3.8) is 0 Å². The standard InChI is InChI=1S/C19H30N6O/c1-13-8-9-15(16(10-13)26-19(3,4)5)11-21-18(20-6)22-12-17-24-23-14(2)25(17)7/h8-10H,11-12H2,1-7H3,(H2,20,21,22). The predicted molar refractivity (Wildman–Crippen MR) is 104 cm³/mol. The Bertz CT molecular complexity index is 773. The SMILES string of the molecule is CN=C(NCc1ccc(C)cc1OC(C)(C)C)NCc1nnc(C)n1C. The summed E-state index contributed by atoms with van der Waals surface area (Å²) in [6.07, 6.45) is 0. The second-order valence-corrected chi connectivity index (χ2v) is 7.33. The molecule has 0 amide bonds. The normalized spacial score (nSPS) is 12.2. The molecular formula is C19H30N6O. The van der Waals surface area contributed by atoms with Crippen molar-refractivity contribution >= 4 is 5.96 Å². The number of hydrogen-bond acceptors (Lipinski definition) is 4. The summed E-state index contributed by atoms with van der Waals surface area (Å²) in [5.41, 5.74) is 2.02. The Morgan fingerprint density at radius 3 is 2.42 bits per heavy atom. The zero-order valence-electron chi connectivity index (χ0n) is 16.8. The fourth-order valence-electron chi connectivity index (χ4n) is 2.40. The number of aromatic nitrogens is 3. The fraction of sp³-hybridized carbons (Fsp3) is 0.526. The Kier molecular flexibility index (Phi) is 6.23. The maximum absolute atomic E-state index is 6.11. The van der Waals surface area contributed by atoms with E-state index < -0.39 is 0 Å². The lowest BCUT2D eigenvalue weighted by atomic mass is 10.1. The minimum Gasteiger partial charge on any atom is -0.488 e. The molecular weight excluding hydrogens is 328 g/mol. The molecule has 0 spiro atoms. The smallest absolute Gasteiger partial charge is 0.191 e. The van der Waals surface area contributed by atoms with Crippen molar-refractivity contribution in [1.82, 2.24) is 25.4 Å². The van der Waals surface area contributed by atoms with Crippen LogP contribution in [-0.4, -0.2) is 33.4 Å². The second kappa shape index (κ2) is 8.21. The van der Waals surface area contributed by atoms with Gasteiger partial charge in [0, 0.05) is 26.2 Å². The van der Waals surface area contributed by atoms with Gasteiger partial charge in [0.25, 0.3) is 0 Å². The molecule has 2 N–H and O–H groups in total. The van der Waals surface area contributed by atoms with Gasteiger partial charge in [-0.15, -0.1) is 10.2 Å². The van der Waals surface area contributed by atoms with Crippen LogP contribution in [0.2, 0.25) is 0 Å². The third-order valence-electron chi connectivity index (χ3n) is 3.91. The van der Waals surface area contributed by atoms with Gasteiger partial charge in [0.05, 0.1) is 6.54 Å². The van der Waals surface area contributed by atoms with Crippen LogP contribution in [0.25, 0.3) is 0 Å². The summed E-state index contributed by atoms with van der Waals surface area (Å²) in [6, 6.07) is 6.24. The van der Waals surface area contributed by atoms with Crippen LogP contribution in [0.3, 0.4) is 0 Å². The lowest BCUT2D eigenvalue weighted by Gasteiger charge is -2.24. The minimum absolute atomic E-state index is 0.245. The van der Waals surface area contributed by atoms with E-state index in [1.54, 1.807) is 7.05 Å². The molecule has 0 saturated carbocycles. The molecule has 26 heavy (non-hydrogen) atoms. The lowest BCUT2D eigenvalue weighted by Crippen LogP contribution is -2.37. The van der Waals surface area contributed by atoms with Crippen LogP contribution >= 0.6 is 0 Å². The van der Waals surface area contributed by atoms with E-state index in [2.05, 4.69) is 71.7 Å². The highest BCUT2D eigenvalue weighted by Gasteiger charge is 2.15. The lowest BCUT2D eigenvalue weighted by molar-refractivity contribution is 0.129. The Labute approximate surface area is 155 Å². The molecule has 1 aromatic carbocycles. The first kappa shape index (κ1) is 19.8. The van der Waals surface area contributed by atoms with Crippen molar-refractivity contribution in [2.24, 2.45) is 12.0 Å². The van der Waals surface area contributed by atoms with Gasteiger partial charge in [-0.1, -0.05) is 12.1 Å². The molecule has 2 rings (SSSR count). The number of nitrogens with one attached hydrogen (secondary N) is 2. The van der Waals surface area contributed by atoms with Crippen LogP contribution in [0.5, 0.6) is 5.75 Å². The van der Waals surface area contributed by atoms with Gasteiger partial charge in [-0.3, -0.25) is 4.99 Å². The maximum Gasteiger partial charge on any atom is 0.191 e. The second-order valence-electron chi connectivity index (χ2n) is 7.33. The molecule has 0 aliphatic rings. The molecule has 142 valence electrons. The van der Waals surface area contributed by atoms with Gasteiger partial charge >= 0.3 is 0 Å². The molecule has 0 aliphatic carbocycles. The molecule has 1 heterocycles. The predicted octanol–water partition coefficient (Wildman–Crippen LogP) is 2.47. The van der Waals surface area contributed by atoms with Gasteiger partial charge in [-0.05, 0) is 46.2 Å². The number of aryl methyl sites for hydroxylation is 2. The van der Waals surface area contributed by atoms with Crippen molar-refractivity contribution in [2.45, 2.75) is 53.3 Å². The zero-order chi connectivity index (χ0) is 19.3. The highest BCUT2D eigenvalue weighted by atomic mass is 16.5. The summed E-state index contributed by atoms with van der Waals surface area (Å²) in [7, 11) is 3.70. The molecule has 0 fully saturated rings. The minimum atomic E-state index is -0.245. The van der Waals surface area contributed by atoms with Crippen molar-refractivity contribution < 1.29 is 4.74 Å². The van der Waals surface area contributed by atoms with Crippen LogP contribution in [0.1, 0.15) is 43.5 Å². The summed E-state index contributed by atoms with van der Waals surface area (Å²) in [4.78, 5) is 4.27. The molecule has 0 aliphatic heterocycles. The molecule has 1 aromatic heterocycles. The van der Waals surface area contributed by atoms with Crippen LogP contribution < -0.4 is 15.4 Å². The van der Waals surface area contributed by atoms with E-state index in [0.717, 1.165) is 23.0 Å². The molecule has 0 saturated heterocycles. The highest BCUT2D eigenvalue weighted by molar-refractivity contribution is 5.79. The van der Waals surface area contributed by atoms with Crippen molar-refractivity contribution in [1.29, 1.82) is 0 Å². The van der Waals surface area contributed by atoms with Gasteiger partial charge in [-0.25, -0.2) is 0 Å². The summed E-state index contributed by atoms with van der Waals surface area (Å²) in [5, 5.41) is 14.8. The highest BCUT2D eigenvalue weighted by Crippen LogP contribution is 2.24. The number of ether oxygens (including phenoxy) is 1. The average Bonchev–Trinajstić information content (AvgIpc) is 2.87. The summed E-state index contributed by atoms with van der Waals surface area (Å²) < 4.78 is 8.06. The third-order valence-corrected chi connectivity index (χ3v) is 3.91. The Morgan fingerprint density at radius 2 is 1.85 bits per heavy atom. The topological polar surface area (TPSA) is 76.4 Å². The molecule has 0 unspecified atom stereocenters. The van der Waals surface area contributed by atoms with Gasteiger partial charge in [0.1, 0.15) is 17.2 Å². The van der Waals surface area contributed by atoms with Gasteiger partial charge < -0.3 is 19.9 Å². The Balaban J connectivity index is 2.01. The van der Waals surface area contributed by atoms with Crippen LogP contribution in [-0.2, 0) is 20.1 Å². The van der Waals surface area contributed by atoms with E-state index in [9.17, 15) is 0 Å². The number of rotatable bonds is 5. The summed E-state index contributed by atoms with van der Waals surface area (Å²) >= 11 is 0. The van der Waals surface area contributed by atoms with Crippen LogP contribution in [0.4, 0.5) is 0 Å². The van der Waals surface area contributed by atoms with Crippen molar-refractivity contribution in [3.05, 3.63) is 41.0 Å². The van der Waals surface area contributed by atoms with E-state index in [4.69, 9.17) is 4.74 Å². The van der Waals surface area contributed by atoms with Crippen LogP contribution in [0.15, 0.2) is 23.2 Å². The van der Waals surface area contributed by atoms with Crippen molar-refractivity contribution in [2.75, 3.05) is 7.05 Å². The largest absolute Gasteiger partial charge is 0.488 e. The molecule has 0 bridgehead atoms. The van der Waals surface area contributed by atoms with E-state index in [1.807, 2.05) is 18.5 Å². The maximum atomic E-state index is 6.11. The van der Waals surface area contributed by atoms with E-state index >= 15 is 0 Å². The first-order chi connectivity index (χ1) is 12.2. The van der Waals surface area contributed by atoms with Crippen molar-refractivity contribution in [3.8, 4) is 5.75 Å². The Morgan fingerprint density at radius 1 is 1.15 bits per heavy atom. The number of nitrogens with zero attached hydrogens (tertiary/aromatic N) is 4. The van der Waals surface area contributed by atoms with Crippen LogP contribution in [0, 0.1) is 13.8 Å². The molecule has 2 aromatic rings. The zero-order valence-corrected chi connectivity index (χ0v) is 16.8. The molecule has 0 atom stereocenters. The van der Waals surface area contributed by atoms with E-state index in [1.165, 1.54) is 5.56 Å². The van der Waals surface area contributed by atoms with Gasteiger partial charge in [0.2, 0.25) is 0 Å². The average molecular weight is 358 g/mol. The van der Waals surface area contributed by atoms with E-state index in [0.29, 0.717) is 19.0 Å². The quantitative estimate of drug-likeness (QED) is 0.634. The van der Waals surface area contributed by atoms with Gasteiger partial charge in [0.15, 0.2) is 11.8 Å². The molecule has 0 radical (unpaired) electrons. The summed E-state index contributed by atoms with van der Waals surface area (Å²) in [6.45, 7) is 11.3. The molecule has 7 nitrogen and oxygen atoms in total. The third kappa shape index (κ3) is 5.47.